The highest BCUT2D eigenvalue weighted by Gasteiger charge is 2.65. The quantitative estimate of drug-likeness (QED) is 0.783. The minimum atomic E-state index is -4.66. The number of hydrogen-bond donors (Lipinski definition) is 1. The second kappa shape index (κ2) is 7.40. The molecule has 10 heteroatoms. The van der Waals surface area contributed by atoms with E-state index in [0.717, 1.165) is 12.5 Å². The van der Waals surface area contributed by atoms with Crippen molar-refractivity contribution in [3.8, 4) is 0 Å². The summed E-state index contributed by atoms with van der Waals surface area (Å²) in [5.41, 5.74) is -1.75. The van der Waals surface area contributed by atoms with Crippen molar-refractivity contribution in [1.29, 1.82) is 0 Å². The van der Waals surface area contributed by atoms with Gasteiger partial charge in [-0.15, -0.1) is 0 Å². The summed E-state index contributed by atoms with van der Waals surface area (Å²) < 4.78 is 49.7. The number of methoxy groups -OCH3 is 1. The van der Waals surface area contributed by atoms with Crippen LogP contribution in [0.3, 0.4) is 0 Å². The van der Waals surface area contributed by atoms with E-state index in [1.807, 2.05) is 6.92 Å². The van der Waals surface area contributed by atoms with Gasteiger partial charge in [0.1, 0.15) is 23.2 Å². The van der Waals surface area contributed by atoms with Crippen molar-refractivity contribution in [3.63, 3.8) is 0 Å². The van der Waals surface area contributed by atoms with E-state index in [2.05, 4.69) is 10.3 Å². The van der Waals surface area contributed by atoms with E-state index in [1.165, 1.54) is 18.1 Å². The van der Waals surface area contributed by atoms with Crippen LogP contribution in [0.5, 0.6) is 0 Å². The second-order valence-electron chi connectivity index (χ2n) is 9.11. The molecule has 1 N–H and O–H groups in total. The molecule has 3 atom stereocenters. The standard InChI is InChI=1S/C20H26F3N3O4/c1-18(2,3)30-17(28)26-12(8-19(4)9-14(19)26)16(27)25-15-11(10-29-5)6-7-13(24-15)20(21,22)23/h6-7,12,14H,8-10H2,1-5H3,(H,24,25,27)/t12-,14+,19-/m0/s1. The van der Waals surface area contributed by atoms with Crippen LogP contribution in [0.4, 0.5) is 23.8 Å². The number of fused-ring (bicyclic) bond motifs is 1. The monoisotopic (exact) mass is 429 g/mol. The molecule has 0 aromatic carbocycles. The summed E-state index contributed by atoms with van der Waals surface area (Å²) in [6, 6.07) is 1.07. The number of alkyl halides is 3. The maximum absolute atomic E-state index is 13.1. The van der Waals surface area contributed by atoms with Gasteiger partial charge in [0.25, 0.3) is 0 Å². The van der Waals surface area contributed by atoms with E-state index in [4.69, 9.17) is 9.47 Å². The van der Waals surface area contributed by atoms with Gasteiger partial charge in [-0.3, -0.25) is 9.69 Å². The number of carbonyl (C=O) groups excluding carboxylic acids is 2. The summed E-state index contributed by atoms with van der Waals surface area (Å²) in [5, 5.41) is 2.48. The molecule has 1 aliphatic heterocycles. The van der Waals surface area contributed by atoms with Gasteiger partial charge in [-0.2, -0.15) is 13.2 Å². The van der Waals surface area contributed by atoms with Crippen molar-refractivity contribution in [3.05, 3.63) is 23.4 Å². The predicted molar refractivity (Wildman–Crippen MR) is 102 cm³/mol. The lowest BCUT2D eigenvalue weighted by molar-refractivity contribution is -0.141. The molecule has 1 aromatic heterocycles. The molecule has 0 spiro atoms. The summed E-state index contributed by atoms with van der Waals surface area (Å²) >= 11 is 0. The van der Waals surface area contributed by atoms with Gasteiger partial charge in [-0.05, 0) is 45.1 Å². The number of hydrogen-bond acceptors (Lipinski definition) is 5. The Hall–Kier alpha value is -2.36. The summed E-state index contributed by atoms with van der Waals surface area (Å²) in [4.78, 5) is 30.7. The summed E-state index contributed by atoms with van der Waals surface area (Å²) in [5.74, 6) is -0.829. The van der Waals surface area contributed by atoms with Crippen LogP contribution in [-0.2, 0) is 27.1 Å². The van der Waals surface area contributed by atoms with Crippen molar-refractivity contribution < 1.29 is 32.2 Å². The van der Waals surface area contributed by atoms with Crippen LogP contribution < -0.4 is 5.32 Å². The normalized spacial score (nSPS) is 25.7. The van der Waals surface area contributed by atoms with Gasteiger partial charge in [0.2, 0.25) is 5.91 Å². The van der Waals surface area contributed by atoms with Crippen molar-refractivity contribution in [1.82, 2.24) is 9.88 Å². The lowest BCUT2D eigenvalue weighted by atomic mass is 10.0. The molecule has 2 fully saturated rings. The number of aromatic nitrogens is 1. The highest BCUT2D eigenvalue weighted by molar-refractivity contribution is 5.97. The number of piperidine rings is 1. The van der Waals surface area contributed by atoms with Crippen LogP contribution in [0, 0.1) is 5.41 Å². The Kier molecular flexibility index (Phi) is 5.51. The Morgan fingerprint density at radius 3 is 2.50 bits per heavy atom. The molecule has 0 radical (unpaired) electrons. The van der Waals surface area contributed by atoms with Crippen molar-refractivity contribution in [2.45, 2.75) is 71.0 Å². The Morgan fingerprint density at radius 2 is 1.93 bits per heavy atom. The van der Waals surface area contributed by atoms with Crippen LogP contribution in [0.2, 0.25) is 0 Å². The van der Waals surface area contributed by atoms with Gasteiger partial charge >= 0.3 is 12.3 Å². The van der Waals surface area contributed by atoms with Gasteiger partial charge in [0, 0.05) is 18.7 Å². The molecular formula is C20H26F3N3O4. The number of halogens is 3. The summed E-state index contributed by atoms with van der Waals surface area (Å²) in [7, 11) is 1.39. The van der Waals surface area contributed by atoms with Gasteiger partial charge in [0.15, 0.2) is 0 Å². The van der Waals surface area contributed by atoms with Gasteiger partial charge in [-0.25, -0.2) is 9.78 Å². The zero-order valence-corrected chi connectivity index (χ0v) is 17.6. The first-order chi connectivity index (χ1) is 13.7. The number of pyridine rings is 1. The first kappa shape index (κ1) is 22.3. The minimum absolute atomic E-state index is 0.0263. The number of nitrogens with zero attached hydrogens (tertiary/aromatic N) is 2. The highest BCUT2D eigenvalue weighted by Crippen LogP contribution is 2.59. The van der Waals surface area contributed by atoms with Crippen molar-refractivity contribution in [2.24, 2.45) is 5.41 Å². The van der Waals surface area contributed by atoms with Crippen LogP contribution in [0.1, 0.15) is 51.8 Å². The molecule has 1 aliphatic carbocycles. The fraction of sp³-hybridized carbons (Fsp3) is 0.650. The number of anilines is 1. The molecule has 1 saturated heterocycles. The number of nitrogens with one attached hydrogen (secondary N) is 1. The largest absolute Gasteiger partial charge is 0.444 e. The first-order valence-electron chi connectivity index (χ1n) is 9.63. The molecule has 2 aliphatic rings. The van der Waals surface area contributed by atoms with E-state index in [-0.39, 0.29) is 23.9 Å². The topological polar surface area (TPSA) is 80.8 Å². The predicted octanol–water partition coefficient (Wildman–Crippen LogP) is 3.97. The molecule has 1 saturated carbocycles. The van der Waals surface area contributed by atoms with Crippen LogP contribution >= 0.6 is 0 Å². The third kappa shape index (κ3) is 4.53. The maximum Gasteiger partial charge on any atom is 0.433 e. The molecule has 1 aromatic rings. The smallest absolute Gasteiger partial charge is 0.433 e. The number of ether oxygens (including phenoxy) is 2. The Labute approximate surface area is 172 Å². The SMILES string of the molecule is COCc1ccc(C(F)(F)F)nc1NC(=O)[C@@H]1C[C@@]2(C)C[C@H]2N1C(=O)OC(C)(C)C. The van der Waals surface area contributed by atoms with Crippen LogP contribution in [-0.4, -0.2) is 46.7 Å². The van der Waals surface area contributed by atoms with Crippen molar-refractivity contribution in [2.75, 3.05) is 12.4 Å². The Balaban J connectivity index is 1.85. The third-order valence-corrected chi connectivity index (χ3v) is 5.35. The molecule has 2 amide bonds. The zero-order valence-electron chi connectivity index (χ0n) is 17.6. The average Bonchev–Trinajstić information content (AvgIpc) is 3.14. The fourth-order valence-electron chi connectivity index (χ4n) is 3.81. The minimum Gasteiger partial charge on any atom is -0.444 e. The molecule has 0 bridgehead atoms. The summed E-state index contributed by atoms with van der Waals surface area (Å²) in [6.45, 7) is 7.13. The summed E-state index contributed by atoms with van der Waals surface area (Å²) in [6.07, 6.45) is -4.10. The highest BCUT2D eigenvalue weighted by atomic mass is 19.4. The van der Waals surface area contributed by atoms with Gasteiger partial charge in [-0.1, -0.05) is 13.0 Å². The molecule has 30 heavy (non-hydrogen) atoms. The molecule has 3 rings (SSSR count). The fourth-order valence-corrected chi connectivity index (χ4v) is 3.81. The molecule has 166 valence electrons. The third-order valence-electron chi connectivity index (χ3n) is 5.35. The lowest BCUT2D eigenvalue weighted by Crippen LogP contribution is -2.47. The Morgan fingerprint density at radius 1 is 1.27 bits per heavy atom. The van der Waals surface area contributed by atoms with E-state index in [9.17, 15) is 22.8 Å². The van der Waals surface area contributed by atoms with E-state index >= 15 is 0 Å². The Bertz CT molecular complexity index is 853. The maximum atomic E-state index is 13.1. The molecule has 2 heterocycles. The molecule has 0 unspecified atom stereocenters. The van der Waals surface area contributed by atoms with Gasteiger partial charge < -0.3 is 14.8 Å². The second-order valence-corrected chi connectivity index (χ2v) is 9.11. The van der Waals surface area contributed by atoms with E-state index < -0.39 is 35.5 Å². The average molecular weight is 429 g/mol. The zero-order chi connectivity index (χ0) is 22.5. The first-order valence-corrected chi connectivity index (χ1v) is 9.63. The number of amides is 2. The van der Waals surface area contributed by atoms with E-state index in [0.29, 0.717) is 12.0 Å². The van der Waals surface area contributed by atoms with Crippen molar-refractivity contribution >= 4 is 17.8 Å². The van der Waals surface area contributed by atoms with Gasteiger partial charge in [0.05, 0.1) is 6.61 Å². The molecular weight excluding hydrogens is 403 g/mol. The van der Waals surface area contributed by atoms with E-state index in [1.54, 1.807) is 20.8 Å². The number of carbonyl (C=O) groups is 2. The molecule has 7 nitrogen and oxygen atoms in total. The van der Waals surface area contributed by atoms with Crippen LogP contribution in [0.15, 0.2) is 12.1 Å². The number of likely N-dealkylation sites (tertiary alicyclic amines) is 1. The number of rotatable bonds is 4. The lowest BCUT2D eigenvalue weighted by Gasteiger charge is -2.30. The van der Waals surface area contributed by atoms with Crippen LogP contribution in [0.25, 0.3) is 0 Å².